The number of anilines is 1. The maximum Gasteiger partial charge on any atom is 0.325 e. The molecule has 0 aliphatic carbocycles. The van der Waals surface area contributed by atoms with Crippen LogP contribution < -0.4 is 14.4 Å². The Hall–Kier alpha value is -2.65. The molecule has 1 aliphatic rings. The van der Waals surface area contributed by atoms with Gasteiger partial charge < -0.3 is 19.1 Å². The molecule has 0 atom stereocenters. The van der Waals surface area contributed by atoms with Crippen LogP contribution in [0.15, 0.2) is 0 Å². The molecule has 20 heavy (non-hydrogen) atoms. The van der Waals surface area contributed by atoms with E-state index in [1.807, 2.05) is 17.0 Å². The van der Waals surface area contributed by atoms with Crippen LogP contribution in [0.2, 0.25) is 0 Å². The lowest BCUT2D eigenvalue weighted by molar-refractivity contribution is 0.121. The summed E-state index contributed by atoms with van der Waals surface area (Å²) in [5, 5.41) is 17.0. The fraction of sp³-hybridized carbons (Fsp3) is 0.545. The standard InChI is InChI=1S/C11H12N6O3/c12-1-5-19-10-14-9(17-3-7-18-8-4-17)15-11(16-10)20-6-2-13/h3-8H2. The maximum absolute atomic E-state index is 8.51. The molecular weight excluding hydrogens is 264 g/mol. The molecule has 1 fully saturated rings. The minimum absolute atomic E-state index is 0.00372. The lowest BCUT2D eigenvalue weighted by Crippen LogP contribution is -2.37. The maximum atomic E-state index is 8.51. The van der Waals surface area contributed by atoms with Crippen molar-refractivity contribution in [2.45, 2.75) is 0 Å². The number of aromatic nitrogens is 3. The zero-order valence-corrected chi connectivity index (χ0v) is 10.7. The van der Waals surface area contributed by atoms with Crippen LogP contribution in [0.5, 0.6) is 12.0 Å². The minimum Gasteiger partial charge on any atom is -0.448 e. The average molecular weight is 276 g/mol. The van der Waals surface area contributed by atoms with E-state index in [9.17, 15) is 0 Å². The number of ether oxygens (including phenoxy) is 3. The van der Waals surface area contributed by atoms with E-state index >= 15 is 0 Å². The molecule has 9 nitrogen and oxygen atoms in total. The molecule has 1 aromatic heterocycles. The highest BCUT2D eigenvalue weighted by atomic mass is 16.5. The minimum atomic E-state index is -0.176. The third kappa shape index (κ3) is 3.67. The first-order chi connectivity index (χ1) is 9.83. The smallest absolute Gasteiger partial charge is 0.325 e. The van der Waals surface area contributed by atoms with Crippen LogP contribution >= 0.6 is 0 Å². The number of hydrogen-bond acceptors (Lipinski definition) is 9. The van der Waals surface area contributed by atoms with Crippen molar-refractivity contribution in [2.24, 2.45) is 0 Å². The zero-order chi connectivity index (χ0) is 14.2. The van der Waals surface area contributed by atoms with Crippen molar-refractivity contribution >= 4 is 5.95 Å². The van der Waals surface area contributed by atoms with Crippen molar-refractivity contribution in [1.82, 2.24) is 15.0 Å². The van der Waals surface area contributed by atoms with Crippen molar-refractivity contribution in [3.63, 3.8) is 0 Å². The Morgan fingerprint density at radius 2 is 1.55 bits per heavy atom. The van der Waals surface area contributed by atoms with E-state index in [-0.39, 0.29) is 25.2 Å². The largest absolute Gasteiger partial charge is 0.448 e. The predicted octanol–water partition coefficient (Wildman–Crippen LogP) is -0.487. The lowest BCUT2D eigenvalue weighted by atomic mass is 10.4. The summed E-state index contributed by atoms with van der Waals surface area (Å²) in [4.78, 5) is 14.0. The Bertz CT molecular complexity index is 496. The Kier molecular flexibility index (Phi) is 4.87. The van der Waals surface area contributed by atoms with Crippen LogP contribution in [-0.2, 0) is 4.74 Å². The molecule has 1 saturated heterocycles. The summed E-state index contributed by atoms with van der Waals surface area (Å²) in [6.07, 6.45) is 0. The predicted molar refractivity (Wildman–Crippen MR) is 65.1 cm³/mol. The second-order valence-corrected chi connectivity index (χ2v) is 3.69. The topological polar surface area (TPSA) is 117 Å². The molecule has 0 saturated carbocycles. The highest BCUT2D eigenvalue weighted by molar-refractivity contribution is 5.32. The number of nitriles is 2. The van der Waals surface area contributed by atoms with E-state index in [0.717, 1.165) is 0 Å². The summed E-state index contributed by atoms with van der Waals surface area (Å²) in [6.45, 7) is 2.08. The third-order valence-electron chi connectivity index (χ3n) is 2.41. The first-order valence-electron chi connectivity index (χ1n) is 5.91. The molecule has 0 spiro atoms. The zero-order valence-electron chi connectivity index (χ0n) is 10.7. The summed E-state index contributed by atoms with van der Waals surface area (Å²) < 4.78 is 15.4. The Morgan fingerprint density at radius 3 is 2.05 bits per heavy atom. The summed E-state index contributed by atoms with van der Waals surface area (Å²) in [5.74, 6) is 0.379. The molecule has 0 unspecified atom stereocenters. The van der Waals surface area contributed by atoms with Gasteiger partial charge in [0.15, 0.2) is 13.2 Å². The van der Waals surface area contributed by atoms with Crippen LogP contribution in [-0.4, -0.2) is 54.5 Å². The van der Waals surface area contributed by atoms with Gasteiger partial charge in [-0.3, -0.25) is 0 Å². The molecule has 0 aromatic carbocycles. The molecule has 0 amide bonds. The van der Waals surface area contributed by atoms with Gasteiger partial charge in [0.05, 0.1) is 13.2 Å². The van der Waals surface area contributed by atoms with Crippen molar-refractivity contribution < 1.29 is 14.2 Å². The van der Waals surface area contributed by atoms with Gasteiger partial charge >= 0.3 is 12.0 Å². The first-order valence-corrected chi connectivity index (χ1v) is 5.91. The summed E-state index contributed by atoms with van der Waals surface area (Å²) in [5.41, 5.74) is 0. The monoisotopic (exact) mass is 276 g/mol. The second kappa shape index (κ2) is 7.07. The second-order valence-electron chi connectivity index (χ2n) is 3.69. The van der Waals surface area contributed by atoms with Crippen LogP contribution in [0.1, 0.15) is 0 Å². The first kappa shape index (κ1) is 13.8. The van der Waals surface area contributed by atoms with Crippen molar-refractivity contribution in [3.05, 3.63) is 0 Å². The Labute approximate surface area is 115 Å². The molecule has 0 bridgehead atoms. The molecule has 0 N–H and O–H groups in total. The van der Waals surface area contributed by atoms with E-state index in [1.165, 1.54) is 0 Å². The van der Waals surface area contributed by atoms with Crippen molar-refractivity contribution in [3.8, 4) is 24.2 Å². The molecule has 2 rings (SSSR count). The highest BCUT2D eigenvalue weighted by Gasteiger charge is 2.17. The van der Waals surface area contributed by atoms with E-state index in [2.05, 4.69) is 15.0 Å². The van der Waals surface area contributed by atoms with E-state index in [0.29, 0.717) is 32.3 Å². The normalized spacial score (nSPS) is 14.2. The number of nitrogens with zero attached hydrogens (tertiary/aromatic N) is 6. The van der Waals surface area contributed by atoms with E-state index in [1.54, 1.807) is 0 Å². The van der Waals surface area contributed by atoms with Crippen molar-refractivity contribution in [1.29, 1.82) is 10.5 Å². The quantitative estimate of drug-likeness (QED) is 0.702. The fourth-order valence-corrected chi connectivity index (χ4v) is 1.56. The summed E-state index contributed by atoms with van der Waals surface area (Å²) in [7, 11) is 0. The van der Waals surface area contributed by atoms with Gasteiger partial charge in [-0.05, 0) is 0 Å². The van der Waals surface area contributed by atoms with Gasteiger partial charge in [-0.1, -0.05) is 0 Å². The average Bonchev–Trinajstić information content (AvgIpc) is 2.51. The molecule has 9 heteroatoms. The molecule has 1 aliphatic heterocycles. The number of morpholine rings is 1. The molecular formula is C11H12N6O3. The molecule has 1 aromatic rings. The van der Waals surface area contributed by atoms with Crippen LogP contribution in [0.25, 0.3) is 0 Å². The van der Waals surface area contributed by atoms with Crippen molar-refractivity contribution in [2.75, 3.05) is 44.4 Å². The van der Waals surface area contributed by atoms with Gasteiger partial charge in [0.25, 0.3) is 0 Å². The lowest BCUT2D eigenvalue weighted by Gasteiger charge is -2.26. The van der Waals surface area contributed by atoms with Crippen LogP contribution in [0.3, 0.4) is 0 Å². The third-order valence-corrected chi connectivity index (χ3v) is 2.41. The van der Waals surface area contributed by atoms with Crippen LogP contribution in [0.4, 0.5) is 5.95 Å². The molecule has 104 valence electrons. The summed E-state index contributed by atoms with van der Waals surface area (Å²) >= 11 is 0. The Morgan fingerprint density at radius 1 is 1.00 bits per heavy atom. The Balaban J connectivity index is 2.19. The van der Waals surface area contributed by atoms with Crippen LogP contribution in [0, 0.1) is 22.7 Å². The van der Waals surface area contributed by atoms with Gasteiger partial charge in [0.1, 0.15) is 12.1 Å². The molecule has 2 heterocycles. The van der Waals surface area contributed by atoms with E-state index < -0.39 is 0 Å². The fourth-order valence-electron chi connectivity index (χ4n) is 1.56. The van der Waals surface area contributed by atoms with Gasteiger partial charge in [0.2, 0.25) is 5.95 Å². The van der Waals surface area contributed by atoms with Gasteiger partial charge in [0, 0.05) is 13.1 Å². The van der Waals surface area contributed by atoms with Gasteiger partial charge in [-0.15, -0.1) is 4.98 Å². The highest BCUT2D eigenvalue weighted by Crippen LogP contribution is 2.17. The SMILES string of the molecule is N#CCOc1nc(OCC#N)nc(N2CCOCC2)n1. The van der Waals surface area contributed by atoms with E-state index in [4.69, 9.17) is 24.7 Å². The number of hydrogen-bond donors (Lipinski definition) is 0. The number of rotatable bonds is 5. The summed E-state index contributed by atoms with van der Waals surface area (Å²) in [6, 6.07) is 3.65. The van der Waals surface area contributed by atoms with Gasteiger partial charge in [-0.2, -0.15) is 20.5 Å². The van der Waals surface area contributed by atoms with Gasteiger partial charge in [-0.25, -0.2) is 0 Å². The molecule has 0 radical (unpaired) electrons.